The second-order valence-corrected chi connectivity index (χ2v) is 7.29. The zero-order valence-electron chi connectivity index (χ0n) is 13.7. The number of halogens is 1. The van der Waals surface area contributed by atoms with E-state index in [1.54, 1.807) is 17.3 Å². The molecule has 1 atom stereocenters. The van der Waals surface area contributed by atoms with Crippen molar-refractivity contribution in [3.8, 4) is 0 Å². The highest BCUT2D eigenvalue weighted by molar-refractivity contribution is 5.87. The minimum absolute atomic E-state index is 0.118. The van der Waals surface area contributed by atoms with Gasteiger partial charge in [0.2, 0.25) is 0 Å². The summed E-state index contributed by atoms with van der Waals surface area (Å²) in [4.78, 5) is 17.8. The third-order valence-corrected chi connectivity index (χ3v) is 5.46. The summed E-state index contributed by atoms with van der Waals surface area (Å²) in [6, 6.07) is 3.89. The van der Waals surface area contributed by atoms with Crippen molar-refractivity contribution < 1.29 is 18.7 Å². The van der Waals surface area contributed by atoms with Gasteiger partial charge in [0.25, 0.3) is 5.91 Å². The Balaban J connectivity index is 1.29. The maximum absolute atomic E-state index is 14.3. The van der Waals surface area contributed by atoms with E-state index < -0.39 is 5.67 Å². The molecule has 6 heteroatoms. The molecule has 0 N–H and O–H groups in total. The number of hydrogen-bond acceptors (Lipinski definition) is 4. The van der Waals surface area contributed by atoms with Crippen LogP contribution in [0.5, 0.6) is 0 Å². The maximum atomic E-state index is 14.3. The fraction of sp³-hybridized carbons (Fsp3) is 0.667. The van der Waals surface area contributed by atoms with Crippen molar-refractivity contribution in [1.29, 1.82) is 0 Å². The molecule has 2 aliphatic heterocycles. The van der Waals surface area contributed by atoms with E-state index in [1.807, 2.05) is 12.1 Å². The SMILES string of the molecule is O=C(N1CC2(C[C@@H](OCc3ccncc3)CCO2)C1)C1(F)CCC1. The molecule has 0 bridgehead atoms. The van der Waals surface area contributed by atoms with Crippen LogP contribution in [0.3, 0.4) is 0 Å². The molecule has 0 radical (unpaired) electrons. The van der Waals surface area contributed by atoms with Crippen molar-refractivity contribution in [1.82, 2.24) is 9.88 Å². The van der Waals surface area contributed by atoms with E-state index in [0.29, 0.717) is 39.1 Å². The molecule has 2 saturated heterocycles. The van der Waals surface area contributed by atoms with Gasteiger partial charge in [-0.1, -0.05) is 0 Å². The predicted octanol–water partition coefficient (Wildman–Crippen LogP) is 2.25. The van der Waals surface area contributed by atoms with E-state index in [-0.39, 0.29) is 17.6 Å². The van der Waals surface area contributed by atoms with Crippen LogP contribution in [0.4, 0.5) is 4.39 Å². The van der Waals surface area contributed by atoms with Crippen LogP contribution in [0.15, 0.2) is 24.5 Å². The number of rotatable bonds is 4. The van der Waals surface area contributed by atoms with Crippen LogP contribution < -0.4 is 0 Å². The van der Waals surface area contributed by atoms with Gasteiger partial charge in [-0.05, 0) is 43.4 Å². The Morgan fingerprint density at radius 3 is 2.79 bits per heavy atom. The number of pyridine rings is 1. The van der Waals surface area contributed by atoms with Crippen molar-refractivity contribution in [2.75, 3.05) is 19.7 Å². The third kappa shape index (κ3) is 2.93. The molecule has 3 aliphatic rings. The third-order valence-electron chi connectivity index (χ3n) is 5.46. The largest absolute Gasteiger partial charge is 0.373 e. The molecule has 1 aromatic rings. The second-order valence-electron chi connectivity index (χ2n) is 7.29. The molecule has 1 amide bonds. The summed E-state index contributed by atoms with van der Waals surface area (Å²) in [7, 11) is 0. The zero-order valence-corrected chi connectivity index (χ0v) is 13.7. The number of likely N-dealkylation sites (tertiary alicyclic amines) is 1. The standard InChI is InChI=1S/C18H23FN2O3/c19-18(5-1-6-18)16(22)21-12-17(13-21)10-15(4-9-24-17)23-11-14-2-7-20-8-3-14/h2-3,7-8,15H,1,4-6,9-13H2/t15-/m0/s1. The van der Waals surface area contributed by atoms with Crippen LogP contribution in [0.1, 0.15) is 37.7 Å². The lowest BCUT2D eigenvalue weighted by Gasteiger charge is -2.54. The second kappa shape index (κ2) is 6.08. The Bertz CT molecular complexity index is 600. The van der Waals surface area contributed by atoms with E-state index >= 15 is 0 Å². The molecule has 130 valence electrons. The first kappa shape index (κ1) is 16.0. The predicted molar refractivity (Wildman–Crippen MR) is 85.0 cm³/mol. The van der Waals surface area contributed by atoms with Crippen molar-refractivity contribution in [2.24, 2.45) is 0 Å². The van der Waals surface area contributed by atoms with Crippen LogP contribution in [0, 0.1) is 0 Å². The van der Waals surface area contributed by atoms with Gasteiger partial charge in [-0.25, -0.2) is 4.39 Å². The lowest BCUT2D eigenvalue weighted by atomic mass is 9.78. The summed E-state index contributed by atoms with van der Waals surface area (Å²) in [6.07, 6.45) is 6.80. The molecule has 1 saturated carbocycles. The number of carbonyl (C=O) groups is 1. The molecule has 0 aromatic carbocycles. The van der Waals surface area contributed by atoms with Crippen molar-refractivity contribution in [3.05, 3.63) is 30.1 Å². The van der Waals surface area contributed by atoms with Crippen molar-refractivity contribution in [3.63, 3.8) is 0 Å². The molecule has 3 heterocycles. The van der Waals surface area contributed by atoms with E-state index in [1.165, 1.54) is 0 Å². The quantitative estimate of drug-likeness (QED) is 0.847. The minimum Gasteiger partial charge on any atom is -0.373 e. The van der Waals surface area contributed by atoms with Gasteiger partial charge in [-0.2, -0.15) is 0 Å². The Hall–Kier alpha value is -1.53. The van der Waals surface area contributed by atoms with Crippen molar-refractivity contribution in [2.45, 2.75) is 56.1 Å². The summed E-state index contributed by atoms with van der Waals surface area (Å²) in [5.41, 5.74) is -0.843. The number of alkyl halides is 1. The summed E-state index contributed by atoms with van der Waals surface area (Å²) < 4.78 is 26.2. The molecule has 3 fully saturated rings. The molecular formula is C18H23FN2O3. The van der Waals surface area contributed by atoms with Crippen molar-refractivity contribution >= 4 is 5.91 Å². The van der Waals surface area contributed by atoms with E-state index in [4.69, 9.17) is 9.47 Å². The van der Waals surface area contributed by atoms with Gasteiger partial charge in [0.05, 0.1) is 25.8 Å². The number of nitrogens with zero attached hydrogens (tertiary/aromatic N) is 2. The van der Waals surface area contributed by atoms with E-state index in [2.05, 4.69) is 4.98 Å². The summed E-state index contributed by atoms with van der Waals surface area (Å²) in [5.74, 6) is -0.345. The number of hydrogen-bond donors (Lipinski definition) is 0. The van der Waals surface area contributed by atoms with E-state index in [0.717, 1.165) is 24.8 Å². The van der Waals surface area contributed by atoms with Crippen LogP contribution in [-0.4, -0.2) is 52.9 Å². The van der Waals surface area contributed by atoms with Gasteiger partial charge < -0.3 is 14.4 Å². The first-order chi connectivity index (χ1) is 11.6. The Labute approximate surface area is 141 Å². The molecule has 24 heavy (non-hydrogen) atoms. The Kier molecular flexibility index (Phi) is 4.04. The molecular weight excluding hydrogens is 311 g/mol. The zero-order chi connectivity index (χ0) is 16.6. The molecule has 5 nitrogen and oxygen atoms in total. The number of amides is 1. The van der Waals surface area contributed by atoms with Crippen LogP contribution >= 0.6 is 0 Å². The molecule has 1 spiro atoms. The number of ether oxygens (including phenoxy) is 2. The van der Waals surface area contributed by atoms with Gasteiger partial charge >= 0.3 is 0 Å². The smallest absolute Gasteiger partial charge is 0.260 e. The lowest BCUT2D eigenvalue weighted by molar-refractivity contribution is -0.210. The summed E-state index contributed by atoms with van der Waals surface area (Å²) in [5, 5.41) is 0. The van der Waals surface area contributed by atoms with Crippen LogP contribution in [-0.2, 0) is 20.9 Å². The minimum atomic E-state index is -1.60. The number of aromatic nitrogens is 1. The van der Waals surface area contributed by atoms with Gasteiger partial charge in [0.15, 0.2) is 5.67 Å². The summed E-state index contributed by atoms with van der Waals surface area (Å²) in [6.45, 7) is 2.17. The monoisotopic (exact) mass is 334 g/mol. The van der Waals surface area contributed by atoms with Crippen LogP contribution in [0.2, 0.25) is 0 Å². The molecule has 0 unspecified atom stereocenters. The molecule has 1 aromatic heterocycles. The average molecular weight is 334 g/mol. The highest BCUT2D eigenvalue weighted by Crippen LogP contribution is 2.42. The normalized spacial score (nSPS) is 27.4. The van der Waals surface area contributed by atoms with Gasteiger partial charge in [0, 0.05) is 25.4 Å². The topological polar surface area (TPSA) is 51.7 Å². The Morgan fingerprint density at radius 2 is 2.12 bits per heavy atom. The van der Waals surface area contributed by atoms with Gasteiger partial charge in [-0.3, -0.25) is 9.78 Å². The van der Waals surface area contributed by atoms with Gasteiger partial charge in [0.1, 0.15) is 5.60 Å². The highest BCUT2D eigenvalue weighted by atomic mass is 19.1. The lowest BCUT2D eigenvalue weighted by Crippen LogP contribution is -2.70. The molecule has 4 rings (SSSR count). The average Bonchev–Trinajstić information content (AvgIpc) is 2.56. The summed E-state index contributed by atoms with van der Waals surface area (Å²) >= 11 is 0. The maximum Gasteiger partial charge on any atom is 0.260 e. The van der Waals surface area contributed by atoms with Crippen LogP contribution in [0.25, 0.3) is 0 Å². The first-order valence-corrected chi connectivity index (χ1v) is 8.71. The fourth-order valence-corrected chi connectivity index (χ4v) is 3.82. The number of carbonyl (C=O) groups excluding carboxylic acids is 1. The first-order valence-electron chi connectivity index (χ1n) is 8.71. The van der Waals surface area contributed by atoms with E-state index in [9.17, 15) is 9.18 Å². The fourth-order valence-electron chi connectivity index (χ4n) is 3.82. The Morgan fingerprint density at radius 1 is 1.38 bits per heavy atom. The van der Waals surface area contributed by atoms with Gasteiger partial charge in [-0.15, -0.1) is 0 Å². The molecule has 1 aliphatic carbocycles. The highest BCUT2D eigenvalue weighted by Gasteiger charge is 2.55.